The summed E-state index contributed by atoms with van der Waals surface area (Å²) in [7, 11) is 1.51. The Balaban J connectivity index is 2.14. The molecule has 0 aromatic heterocycles. The standard InChI is InChI=1S/C12H15NO4S/c1-16-10-3-2-9(13(14)15)6-11(10)17-7-12(8-18)4-5-12/h2-3,6,18H,4-5,7-8H2,1H3. The van der Waals surface area contributed by atoms with Crippen LogP contribution in [0.5, 0.6) is 11.5 Å². The van der Waals surface area contributed by atoms with E-state index in [-0.39, 0.29) is 11.1 Å². The number of benzene rings is 1. The number of nitrogens with zero attached hydrogens (tertiary/aromatic N) is 1. The van der Waals surface area contributed by atoms with Crippen molar-refractivity contribution in [1.29, 1.82) is 0 Å². The minimum Gasteiger partial charge on any atom is -0.493 e. The third kappa shape index (κ3) is 2.69. The first-order valence-electron chi connectivity index (χ1n) is 5.66. The maximum absolute atomic E-state index is 10.7. The van der Waals surface area contributed by atoms with E-state index in [1.54, 1.807) is 6.07 Å². The third-order valence-corrected chi connectivity index (χ3v) is 3.86. The highest BCUT2D eigenvalue weighted by molar-refractivity contribution is 7.80. The summed E-state index contributed by atoms with van der Waals surface area (Å²) in [4.78, 5) is 10.3. The summed E-state index contributed by atoms with van der Waals surface area (Å²) in [6, 6.07) is 4.35. The highest BCUT2D eigenvalue weighted by Crippen LogP contribution is 2.47. The van der Waals surface area contributed by atoms with Gasteiger partial charge >= 0.3 is 0 Å². The number of methoxy groups -OCH3 is 1. The van der Waals surface area contributed by atoms with Crippen molar-refractivity contribution in [1.82, 2.24) is 0 Å². The molecule has 1 aromatic carbocycles. The summed E-state index contributed by atoms with van der Waals surface area (Å²) in [6.45, 7) is 0.522. The lowest BCUT2D eigenvalue weighted by Gasteiger charge is -2.15. The number of nitro benzene ring substituents is 1. The van der Waals surface area contributed by atoms with Crippen LogP contribution in [-0.4, -0.2) is 24.4 Å². The molecular weight excluding hydrogens is 254 g/mol. The van der Waals surface area contributed by atoms with Crippen LogP contribution in [-0.2, 0) is 0 Å². The molecule has 0 spiro atoms. The van der Waals surface area contributed by atoms with Gasteiger partial charge in [-0.05, 0) is 24.7 Å². The fourth-order valence-corrected chi connectivity index (χ4v) is 2.05. The number of rotatable bonds is 6. The molecule has 0 saturated heterocycles. The van der Waals surface area contributed by atoms with Gasteiger partial charge in [-0.3, -0.25) is 10.1 Å². The summed E-state index contributed by atoms with van der Waals surface area (Å²) in [5.74, 6) is 1.69. The molecule has 0 heterocycles. The summed E-state index contributed by atoms with van der Waals surface area (Å²) in [5, 5.41) is 10.7. The van der Waals surface area contributed by atoms with Crippen molar-refractivity contribution < 1.29 is 14.4 Å². The van der Waals surface area contributed by atoms with E-state index < -0.39 is 4.92 Å². The Labute approximate surface area is 111 Å². The van der Waals surface area contributed by atoms with Gasteiger partial charge in [0.15, 0.2) is 11.5 Å². The zero-order valence-electron chi connectivity index (χ0n) is 10.1. The number of nitro groups is 1. The molecule has 5 nitrogen and oxygen atoms in total. The normalized spacial score (nSPS) is 16.1. The van der Waals surface area contributed by atoms with Crippen LogP contribution >= 0.6 is 12.6 Å². The van der Waals surface area contributed by atoms with Crippen LogP contribution in [0.25, 0.3) is 0 Å². The van der Waals surface area contributed by atoms with Crippen LogP contribution in [0.1, 0.15) is 12.8 Å². The highest BCUT2D eigenvalue weighted by atomic mass is 32.1. The van der Waals surface area contributed by atoms with Gasteiger partial charge in [0.25, 0.3) is 5.69 Å². The largest absolute Gasteiger partial charge is 0.493 e. The first-order chi connectivity index (χ1) is 8.60. The summed E-state index contributed by atoms with van der Waals surface area (Å²) >= 11 is 4.29. The lowest BCUT2D eigenvalue weighted by molar-refractivity contribution is -0.385. The Bertz CT molecular complexity index is 459. The van der Waals surface area contributed by atoms with Crippen molar-refractivity contribution in [3.05, 3.63) is 28.3 Å². The van der Waals surface area contributed by atoms with E-state index in [0.717, 1.165) is 18.6 Å². The number of hydrogen-bond acceptors (Lipinski definition) is 5. The first kappa shape index (κ1) is 13.0. The zero-order valence-corrected chi connectivity index (χ0v) is 11.0. The molecule has 0 bridgehead atoms. The molecule has 0 amide bonds. The Morgan fingerprint density at radius 2 is 2.17 bits per heavy atom. The Morgan fingerprint density at radius 1 is 1.44 bits per heavy atom. The van der Waals surface area contributed by atoms with Crippen molar-refractivity contribution in [2.45, 2.75) is 12.8 Å². The van der Waals surface area contributed by atoms with E-state index in [1.165, 1.54) is 19.2 Å². The number of non-ortho nitro benzene ring substituents is 1. The fourth-order valence-electron chi connectivity index (χ4n) is 1.65. The van der Waals surface area contributed by atoms with Gasteiger partial charge < -0.3 is 9.47 Å². The van der Waals surface area contributed by atoms with Crippen LogP contribution < -0.4 is 9.47 Å². The van der Waals surface area contributed by atoms with Gasteiger partial charge in [-0.25, -0.2) is 0 Å². The minimum absolute atomic E-state index is 0.00141. The molecule has 6 heteroatoms. The van der Waals surface area contributed by atoms with Crippen LogP contribution in [0.3, 0.4) is 0 Å². The maximum Gasteiger partial charge on any atom is 0.273 e. The van der Waals surface area contributed by atoms with Gasteiger partial charge in [0.05, 0.1) is 24.7 Å². The summed E-state index contributed by atoms with van der Waals surface area (Å²) < 4.78 is 10.8. The monoisotopic (exact) mass is 269 g/mol. The molecule has 18 heavy (non-hydrogen) atoms. The third-order valence-electron chi connectivity index (χ3n) is 3.18. The first-order valence-corrected chi connectivity index (χ1v) is 6.29. The predicted octanol–water partition coefficient (Wildman–Crippen LogP) is 2.69. The molecule has 0 N–H and O–H groups in total. The number of thiol groups is 1. The average molecular weight is 269 g/mol. The highest BCUT2D eigenvalue weighted by Gasteiger charge is 2.42. The lowest BCUT2D eigenvalue weighted by Crippen LogP contribution is -2.15. The van der Waals surface area contributed by atoms with E-state index in [4.69, 9.17) is 9.47 Å². The maximum atomic E-state index is 10.7. The molecule has 1 fully saturated rings. The van der Waals surface area contributed by atoms with E-state index in [2.05, 4.69) is 12.6 Å². The summed E-state index contributed by atoms with van der Waals surface area (Å²) in [6.07, 6.45) is 2.18. The second kappa shape index (κ2) is 5.06. The van der Waals surface area contributed by atoms with E-state index in [0.29, 0.717) is 18.1 Å². The topological polar surface area (TPSA) is 61.6 Å². The van der Waals surface area contributed by atoms with Crippen molar-refractivity contribution in [3.63, 3.8) is 0 Å². The number of ether oxygens (including phenoxy) is 2. The molecule has 1 aliphatic carbocycles. The average Bonchev–Trinajstić information content (AvgIpc) is 3.16. The van der Waals surface area contributed by atoms with Gasteiger partial charge in [-0.2, -0.15) is 12.6 Å². The zero-order chi connectivity index (χ0) is 13.2. The van der Waals surface area contributed by atoms with Crippen molar-refractivity contribution >= 4 is 18.3 Å². The molecular formula is C12H15NO4S. The van der Waals surface area contributed by atoms with Crippen LogP contribution in [0.2, 0.25) is 0 Å². The summed E-state index contributed by atoms with van der Waals surface area (Å²) in [5.41, 5.74) is 0.139. The van der Waals surface area contributed by atoms with E-state index in [1.807, 2.05) is 0 Å². The SMILES string of the molecule is COc1ccc([N+](=O)[O-])cc1OCC1(CS)CC1. The lowest BCUT2D eigenvalue weighted by atomic mass is 10.1. The second-order valence-electron chi connectivity index (χ2n) is 4.54. The van der Waals surface area contributed by atoms with Gasteiger partial charge in [-0.15, -0.1) is 0 Å². The van der Waals surface area contributed by atoms with Crippen LogP contribution in [0.15, 0.2) is 18.2 Å². The van der Waals surface area contributed by atoms with Crippen molar-refractivity contribution in [2.24, 2.45) is 5.41 Å². The number of hydrogen-bond donors (Lipinski definition) is 1. The Morgan fingerprint density at radius 3 is 2.67 bits per heavy atom. The predicted molar refractivity (Wildman–Crippen MR) is 70.7 cm³/mol. The van der Waals surface area contributed by atoms with E-state index >= 15 is 0 Å². The molecule has 0 radical (unpaired) electrons. The van der Waals surface area contributed by atoms with Crippen LogP contribution in [0.4, 0.5) is 5.69 Å². The van der Waals surface area contributed by atoms with E-state index in [9.17, 15) is 10.1 Å². The smallest absolute Gasteiger partial charge is 0.273 e. The Hall–Kier alpha value is -1.43. The van der Waals surface area contributed by atoms with Gasteiger partial charge in [-0.1, -0.05) is 0 Å². The van der Waals surface area contributed by atoms with Gasteiger partial charge in [0.2, 0.25) is 0 Å². The minimum atomic E-state index is -0.447. The van der Waals surface area contributed by atoms with Gasteiger partial charge in [0, 0.05) is 11.5 Å². The fraction of sp³-hybridized carbons (Fsp3) is 0.500. The molecule has 0 aliphatic heterocycles. The van der Waals surface area contributed by atoms with Gasteiger partial charge in [0.1, 0.15) is 0 Å². The molecule has 0 atom stereocenters. The molecule has 1 aliphatic rings. The van der Waals surface area contributed by atoms with Crippen LogP contribution in [0, 0.1) is 15.5 Å². The van der Waals surface area contributed by atoms with Crippen molar-refractivity contribution in [3.8, 4) is 11.5 Å². The quantitative estimate of drug-likeness (QED) is 0.490. The molecule has 1 aromatic rings. The molecule has 2 rings (SSSR count). The van der Waals surface area contributed by atoms with Crippen molar-refractivity contribution in [2.75, 3.05) is 19.5 Å². The molecule has 0 unspecified atom stereocenters. The molecule has 98 valence electrons. The second-order valence-corrected chi connectivity index (χ2v) is 4.86. The molecule has 1 saturated carbocycles. The Kier molecular flexibility index (Phi) is 3.65.